The molecule has 2 aromatic rings. The lowest BCUT2D eigenvalue weighted by Crippen LogP contribution is -2.46. The number of benzene rings is 1. The highest BCUT2D eigenvalue weighted by molar-refractivity contribution is 7.94. The minimum absolute atomic E-state index is 0.0313. The summed E-state index contributed by atoms with van der Waals surface area (Å²) in [6.07, 6.45) is 0.808. The molecule has 1 aliphatic rings. The molecular formula is C18H20N4O5S2. The summed E-state index contributed by atoms with van der Waals surface area (Å²) in [6, 6.07) is 9.07. The maximum atomic E-state index is 12.4. The Morgan fingerprint density at radius 1 is 1.10 bits per heavy atom. The highest BCUT2D eigenvalue weighted by Crippen LogP contribution is 2.37. The van der Waals surface area contributed by atoms with Crippen LogP contribution in [-0.4, -0.2) is 32.7 Å². The molecule has 1 fully saturated rings. The lowest BCUT2D eigenvalue weighted by molar-refractivity contribution is -0.127. The number of carbonyl (C=O) groups is 3. The maximum Gasteiger partial charge on any atom is 0.271 e. The Morgan fingerprint density at radius 2 is 1.83 bits per heavy atom. The Labute approximate surface area is 171 Å². The van der Waals surface area contributed by atoms with Crippen molar-refractivity contribution in [3.05, 3.63) is 47.3 Å². The minimum atomic E-state index is -3.83. The lowest BCUT2D eigenvalue weighted by atomic mass is 10.2. The van der Waals surface area contributed by atoms with Crippen LogP contribution < -0.4 is 20.9 Å². The predicted molar refractivity (Wildman–Crippen MR) is 107 cm³/mol. The summed E-state index contributed by atoms with van der Waals surface area (Å²) in [7, 11) is -3.83. The van der Waals surface area contributed by atoms with Crippen LogP contribution in [-0.2, 0) is 19.6 Å². The summed E-state index contributed by atoms with van der Waals surface area (Å²) in [4.78, 5) is 35.9. The Hall–Kier alpha value is -2.92. The van der Waals surface area contributed by atoms with Crippen molar-refractivity contribution >= 4 is 44.8 Å². The molecule has 2 atom stereocenters. The molecule has 11 heteroatoms. The van der Waals surface area contributed by atoms with Gasteiger partial charge in [-0.25, -0.2) is 8.42 Å². The van der Waals surface area contributed by atoms with Gasteiger partial charge in [-0.15, -0.1) is 11.3 Å². The zero-order valence-electron chi connectivity index (χ0n) is 15.5. The van der Waals surface area contributed by atoms with Gasteiger partial charge in [0.15, 0.2) is 0 Å². The average Bonchev–Trinajstić information content (AvgIpc) is 3.18. The highest BCUT2D eigenvalue weighted by atomic mass is 32.2. The molecule has 3 amide bonds. The first kappa shape index (κ1) is 20.8. The fraction of sp³-hybridized carbons (Fsp3) is 0.278. The average molecular weight is 437 g/mol. The van der Waals surface area contributed by atoms with Crippen LogP contribution in [0.2, 0.25) is 0 Å². The zero-order chi connectivity index (χ0) is 21.0. The second-order valence-corrected chi connectivity index (χ2v) is 9.48. The fourth-order valence-electron chi connectivity index (χ4n) is 2.61. The van der Waals surface area contributed by atoms with Gasteiger partial charge in [-0.3, -0.25) is 30.0 Å². The van der Waals surface area contributed by atoms with E-state index in [-0.39, 0.29) is 33.8 Å². The number of hydrazine groups is 1. The third kappa shape index (κ3) is 5.33. The van der Waals surface area contributed by atoms with Crippen LogP contribution in [0.1, 0.15) is 23.7 Å². The van der Waals surface area contributed by atoms with Gasteiger partial charge in [0, 0.05) is 5.92 Å². The number of hydrogen-bond acceptors (Lipinski definition) is 6. The van der Waals surface area contributed by atoms with Crippen LogP contribution in [0.4, 0.5) is 5.69 Å². The van der Waals surface area contributed by atoms with Gasteiger partial charge in [0.05, 0.1) is 17.8 Å². The lowest BCUT2D eigenvalue weighted by Gasteiger charge is -2.13. The Bertz CT molecular complexity index is 1020. The quantitative estimate of drug-likeness (QED) is 0.482. The Morgan fingerprint density at radius 3 is 2.48 bits per heavy atom. The van der Waals surface area contributed by atoms with Crippen molar-refractivity contribution < 1.29 is 22.8 Å². The second kappa shape index (κ2) is 8.62. The van der Waals surface area contributed by atoms with Crippen molar-refractivity contribution in [2.24, 2.45) is 11.8 Å². The van der Waals surface area contributed by atoms with E-state index in [9.17, 15) is 22.8 Å². The Balaban J connectivity index is 1.57. The van der Waals surface area contributed by atoms with Crippen LogP contribution in [0.5, 0.6) is 0 Å². The number of nitrogens with one attached hydrogen (secondary N) is 4. The van der Waals surface area contributed by atoms with E-state index in [1.807, 2.05) is 6.92 Å². The number of rotatable bonds is 7. The molecule has 1 aromatic carbocycles. The summed E-state index contributed by atoms with van der Waals surface area (Å²) in [6.45, 7) is 1.68. The first-order valence-electron chi connectivity index (χ1n) is 8.80. The van der Waals surface area contributed by atoms with Crippen molar-refractivity contribution in [2.45, 2.75) is 17.6 Å². The van der Waals surface area contributed by atoms with Crippen LogP contribution in [0.15, 0.2) is 46.0 Å². The van der Waals surface area contributed by atoms with Gasteiger partial charge < -0.3 is 5.32 Å². The van der Waals surface area contributed by atoms with E-state index in [0.29, 0.717) is 5.92 Å². The third-order valence-electron chi connectivity index (χ3n) is 4.36. The van der Waals surface area contributed by atoms with E-state index in [4.69, 9.17) is 0 Å². The number of hydrogen-bond donors (Lipinski definition) is 4. The summed E-state index contributed by atoms with van der Waals surface area (Å²) >= 11 is 1.05. The number of amides is 3. The molecule has 0 saturated heterocycles. The summed E-state index contributed by atoms with van der Waals surface area (Å²) in [5.41, 5.74) is 4.52. The van der Waals surface area contributed by atoms with E-state index in [0.717, 1.165) is 17.8 Å². The number of anilines is 1. The molecule has 154 valence electrons. The third-order valence-corrected chi connectivity index (χ3v) is 7.12. The molecule has 2 unspecified atom stereocenters. The predicted octanol–water partition coefficient (Wildman–Crippen LogP) is 1.08. The van der Waals surface area contributed by atoms with E-state index >= 15 is 0 Å². The molecule has 0 spiro atoms. The van der Waals surface area contributed by atoms with Crippen molar-refractivity contribution in [1.82, 2.24) is 16.2 Å². The summed E-state index contributed by atoms with van der Waals surface area (Å²) < 4.78 is 27.3. The molecule has 1 aliphatic carbocycles. The maximum absolute atomic E-state index is 12.4. The van der Waals surface area contributed by atoms with Gasteiger partial charge in [0.1, 0.15) is 4.21 Å². The normalized spacial score (nSPS) is 17.8. The van der Waals surface area contributed by atoms with Crippen molar-refractivity contribution in [3.8, 4) is 0 Å². The van der Waals surface area contributed by atoms with Gasteiger partial charge in [0.25, 0.3) is 21.8 Å². The van der Waals surface area contributed by atoms with Crippen LogP contribution in [0.3, 0.4) is 0 Å². The number of sulfonamides is 1. The van der Waals surface area contributed by atoms with E-state index in [1.54, 1.807) is 23.6 Å². The molecular weight excluding hydrogens is 416 g/mol. The minimum Gasteiger partial charge on any atom is -0.347 e. The van der Waals surface area contributed by atoms with Gasteiger partial charge in [0.2, 0.25) is 5.91 Å². The molecule has 1 heterocycles. The van der Waals surface area contributed by atoms with Crippen LogP contribution in [0, 0.1) is 11.8 Å². The van der Waals surface area contributed by atoms with Crippen molar-refractivity contribution in [3.63, 3.8) is 0 Å². The molecule has 4 N–H and O–H groups in total. The monoisotopic (exact) mass is 436 g/mol. The van der Waals surface area contributed by atoms with Crippen LogP contribution in [0.25, 0.3) is 0 Å². The smallest absolute Gasteiger partial charge is 0.271 e. The first-order valence-corrected chi connectivity index (χ1v) is 11.2. The standard InChI is InChI=1S/C18H20N4O5S2/c1-11-9-13(11)17(24)19-10-15(23)20-21-18(25)12-5-2-3-6-14(12)22-29(26,27)16-7-4-8-28-16/h2-8,11,13,22H,9-10H2,1H3,(H,19,24)(H,20,23)(H,21,25). The number of para-hydroxylation sites is 1. The van der Waals surface area contributed by atoms with Gasteiger partial charge in [-0.1, -0.05) is 25.1 Å². The summed E-state index contributed by atoms with van der Waals surface area (Å²) in [5, 5.41) is 4.13. The highest BCUT2D eigenvalue weighted by Gasteiger charge is 2.39. The van der Waals surface area contributed by atoms with Gasteiger partial charge >= 0.3 is 0 Å². The molecule has 29 heavy (non-hydrogen) atoms. The topological polar surface area (TPSA) is 133 Å². The first-order chi connectivity index (χ1) is 13.8. The molecule has 1 aromatic heterocycles. The van der Waals surface area contributed by atoms with E-state index < -0.39 is 21.8 Å². The van der Waals surface area contributed by atoms with Gasteiger partial charge in [-0.05, 0) is 35.9 Å². The largest absolute Gasteiger partial charge is 0.347 e. The zero-order valence-corrected chi connectivity index (χ0v) is 17.1. The fourth-order valence-corrected chi connectivity index (χ4v) is 4.68. The molecule has 0 bridgehead atoms. The van der Waals surface area contributed by atoms with Crippen molar-refractivity contribution in [1.29, 1.82) is 0 Å². The van der Waals surface area contributed by atoms with E-state index in [2.05, 4.69) is 20.9 Å². The van der Waals surface area contributed by atoms with E-state index in [1.165, 1.54) is 18.2 Å². The number of carbonyl (C=O) groups excluding carboxylic acids is 3. The molecule has 0 aliphatic heterocycles. The molecule has 3 rings (SSSR count). The SMILES string of the molecule is CC1CC1C(=O)NCC(=O)NNC(=O)c1ccccc1NS(=O)(=O)c1cccs1. The second-order valence-electron chi connectivity index (χ2n) is 6.62. The molecule has 9 nitrogen and oxygen atoms in total. The molecule has 1 saturated carbocycles. The molecule has 0 radical (unpaired) electrons. The van der Waals surface area contributed by atoms with Gasteiger partial charge in [-0.2, -0.15) is 0 Å². The summed E-state index contributed by atoms with van der Waals surface area (Å²) in [5.74, 6) is -1.22. The number of thiophene rings is 1. The van der Waals surface area contributed by atoms with Crippen molar-refractivity contribution in [2.75, 3.05) is 11.3 Å². The van der Waals surface area contributed by atoms with Crippen LogP contribution >= 0.6 is 11.3 Å². The Kier molecular flexibility index (Phi) is 6.18.